The maximum absolute atomic E-state index is 12.4. The molecule has 1 atom stereocenters. The maximum Gasteiger partial charge on any atom is 0.289 e. The van der Waals surface area contributed by atoms with Crippen LogP contribution >= 0.6 is 0 Å². The third-order valence-electron chi connectivity index (χ3n) is 4.80. The molecule has 8 heteroatoms. The highest BCUT2D eigenvalue weighted by atomic mass is 32.2. The Morgan fingerprint density at radius 2 is 1.88 bits per heavy atom. The SMILES string of the molecule is O=C(c1ccco1)N1CCC([C@@H]2Nc3ccccc3S(=O)(=O)N2)CC1. The van der Waals surface area contributed by atoms with Crippen molar-refractivity contribution in [3.8, 4) is 0 Å². The van der Waals surface area contributed by atoms with Crippen LogP contribution in [0.5, 0.6) is 0 Å². The molecular weight excluding hydrogens is 342 g/mol. The molecule has 1 saturated heterocycles. The Hall–Kier alpha value is -2.32. The second-order valence-electron chi connectivity index (χ2n) is 6.35. The standard InChI is InChI=1S/C17H19N3O4S/c21-17(14-5-3-11-24-14)20-9-7-12(8-10-20)16-18-13-4-1-2-6-15(13)25(22,23)19-16/h1-6,11-12,16,18-19H,7-10H2/t16-/m1/s1. The zero-order valence-electron chi connectivity index (χ0n) is 13.5. The molecule has 1 amide bonds. The number of sulfonamides is 1. The van der Waals surface area contributed by atoms with Crippen molar-refractivity contribution in [2.75, 3.05) is 18.4 Å². The number of amides is 1. The second kappa shape index (κ2) is 6.20. The number of para-hydroxylation sites is 1. The van der Waals surface area contributed by atoms with Crippen LogP contribution in [0.15, 0.2) is 52.0 Å². The van der Waals surface area contributed by atoms with Gasteiger partial charge in [-0.1, -0.05) is 12.1 Å². The molecule has 2 aliphatic heterocycles. The lowest BCUT2D eigenvalue weighted by molar-refractivity contribution is 0.0647. The number of fused-ring (bicyclic) bond motifs is 1. The van der Waals surface area contributed by atoms with Crippen LogP contribution in [-0.2, 0) is 10.0 Å². The molecule has 0 unspecified atom stereocenters. The summed E-state index contributed by atoms with van der Waals surface area (Å²) >= 11 is 0. The van der Waals surface area contributed by atoms with Crippen molar-refractivity contribution in [1.82, 2.24) is 9.62 Å². The molecule has 0 saturated carbocycles. The Labute approximate surface area is 146 Å². The van der Waals surface area contributed by atoms with Crippen LogP contribution in [0.4, 0.5) is 5.69 Å². The smallest absolute Gasteiger partial charge is 0.289 e. The molecule has 2 N–H and O–H groups in total. The molecule has 25 heavy (non-hydrogen) atoms. The molecule has 3 heterocycles. The summed E-state index contributed by atoms with van der Waals surface area (Å²) in [5.74, 6) is 0.332. The average molecular weight is 361 g/mol. The van der Waals surface area contributed by atoms with E-state index in [2.05, 4.69) is 10.0 Å². The molecule has 1 aromatic carbocycles. The fourth-order valence-corrected chi connectivity index (χ4v) is 4.84. The van der Waals surface area contributed by atoms with E-state index in [1.807, 2.05) is 6.07 Å². The molecule has 2 aromatic rings. The van der Waals surface area contributed by atoms with Gasteiger partial charge < -0.3 is 14.6 Å². The first-order valence-electron chi connectivity index (χ1n) is 8.25. The minimum atomic E-state index is -3.51. The van der Waals surface area contributed by atoms with E-state index in [9.17, 15) is 13.2 Å². The van der Waals surface area contributed by atoms with Gasteiger partial charge in [0.25, 0.3) is 5.91 Å². The summed E-state index contributed by atoms with van der Waals surface area (Å²) in [7, 11) is -3.51. The summed E-state index contributed by atoms with van der Waals surface area (Å²) in [6.07, 6.45) is 2.56. The quantitative estimate of drug-likeness (QED) is 0.852. The van der Waals surface area contributed by atoms with Crippen molar-refractivity contribution in [2.24, 2.45) is 5.92 Å². The lowest BCUT2D eigenvalue weighted by Gasteiger charge is -2.38. The third kappa shape index (κ3) is 3.03. The van der Waals surface area contributed by atoms with Crippen LogP contribution < -0.4 is 10.0 Å². The van der Waals surface area contributed by atoms with Crippen molar-refractivity contribution in [3.63, 3.8) is 0 Å². The van der Waals surface area contributed by atoms with E-state index >= 15 is 0 Å². The molecule has 132 valence electrons. The summed E-state index contributed by atoms with van der Waals surface area (Å²) < 4.78 is 32.7. The van der Waals surface area contributed by atoms with E-state index in [0.29, 0.717) is 24.5 Å². The number of likely N-dealkylation sites (tertiary alicyclic amines) is 1. The molecule has 0 bridgehead atoms. The van der Waals surface area contributed by atoms with Gasteiger partial charge in [0, 0.05) is 13.1 Å². The fourth-order valence-electron chi connectivity index (χ4n) is 3.45. The van der Waals surface area contributed by atoms with Gasteiger partial charge in [0.2, 0.25) is 10.0 Å². The van der Waals surface area contributed by atoms with Crippen LogP contribution in [-0.4, -0.2) is 38.5 Å². The van der Waals surface area contributed by atoms with E-state index in [1.165, 1.54) is 6.26 Å². The first-order chi connectivity index (χ1) is 12.0. The van der Waals surface area contributed by atoms with Gasteiger partial charge in [-0.2, -0.15) is 4.72 Å². The molecule has 0 radical (unpaired) electrons. The molecule has 1 fully saturated rings. The van der Waals surface area contributed by atoms with E-state index in [-0.39, 0.29) is 22.9 Å². The van der Waals surface area contributed by atoms with Gasteiger partial charge in [-0.25, -0.2) is 8.42 Å². The number of carbonyl (C=O) groups excluding carboxylic acids is 1. The molecule has 4 rings (SSSR count). The van der Waals surface area contributed by atoms with Crippen LogP contribution in [0, 0.1) is 5.92 Å². The maximum atomic E-state index is 12.4. The molecular formula is C17H19N3O4S. The summed E-state index contributed by atoms with van der Waals surface area (Å²) in [6, 6.07) is 10.2. The third-order valence-corrected chi connectivity index (χ3v) is 6.30. The second-order valence-corrected chi connectivity index (χ2v) is 8.03. The zero-order chi connectivity index (χ0) is 17.4. The van der Waals surface area contributed by atoms with Gasteiger partial charge in [0.15, 0.2) is 5.76 Å². The minimum Gasteiger partial charge on any atom is -0.459 e. The van der Waals surface area contributed by atoms with Crippen molar-refractivity contribution in [1.29, 1.82) is 0 Å². The Morgan fingerprint density at radius 3 is 2.60 bits per heavy atom. The zero-order valence-corrected chi connectivity index (χ0v) is 14.3. The van der Waals surface area contributed by atoms with E-state index < -0.39 is 10.0 Å². The number of rotatable bonds is 2. The number of nitrogens with zero attached hydrogens (tertiary/aromatic N) is 1. The summed E-state index contributed by atoms with van der Waals surface area (Å²) in [6.45, 7) is 1.15. The Balaban J connectivity index is 1.44. The van der Waals surface area contributed by atoms with Gasteiger partial charge in [0.1, 0.15) is 4.90 Å². The van der Waals surface area contributed by atoms with Crippen LogP contribution in [0.1, 0.15) is 23.4 Å². The average Bonchev–Trinajstić information content (AvgIpc) is 3.15. The van der Waals surface area contributed by atoms with Gasteiger partial charge >= 0.3 is 0 Å². The van der Waals surface area contributed by atoms with E-state index in [4.69, 9.17) is 4.42 Å². The number of furan rings is 1. The van der Waals surface area contributed by atoms with Crippen LogP contribution in [0.2, 0.25) is 0 Å². The number of anilines is 1. The molecule has 7 nitrogen and oxygen atoms in total. The van der Waals surface area contributed by atoms with Gasteiger partial charge in [-0.05, 0) is 43.0 Å². The highest BCUT2D eigenvalue weighted by Crippen LogP contribution is 2.31. The van der Waals surface area contributed by atoms with Crippen molar-refractivity contribution in [2.45, 2.75) is 23.9 Å². The summed E-state index contributed by atoms with van der Waals surface area (Å²) in [5, 5.41) is 3.28. The van der Waals surface area contributed by atoms with Crippen molar-refractivity contribution >= 4 is 21.6 Å². The highest BCUT2D eigenvalue weighted by molar-refractivity contribution is 7.89. The van der Waals surface area contributed by atoms with Gasteiger partial charge in [0.05, 0.1) is 18.1 Å². The molecule has 2 aliphatic rings. The Morgan fingerprint density at radius 1 is 1.12 bits per heavy atom. The van der Waals surface area contributed by atoms with Crippen molar-refractivity contribution in [3.05, 3.63) is 48.4 Å². The number of benzene rings is 1. The summed E-state index contributed by atoms with van der Waals surface area (Å²) in [4.78, 5) is 14.3. The lowest BCUT2D eigenvalue weighted by atomic mass is 9.93. The Bertz CT molecular complexity index is 871. The van der Waals surface area contributed by atoms with Crippen LogP contribution in [0.3, 0.4) is 0 Å². The van der Waals surface area contributed by atoms with E-state index in [1.54, 1.807) is 35.2 Å². The van der Waals surface area contributed by atoms with Crippen LogP contribution in [0.25, 0.3) is 0 Å². The first kappa shape index (κ1) is 16.2. The molecule has 0 aliphatic carbocycles. The number of hydrogen-bond acceptors (Lipinski definition) is 5. The Kier molecular flexibility index (Phi) is 4.01. The topological polar surface area (TPSA) is 91.7 Å². The van der Waals surface area contributed by atoms with Crippen molar-refractivity contribution < 1.29 is 17.6 Å². The largest absolute Gasteiger partial charge is 0.459 e. The monoisotopic (exact) mass is 361 g/mol. The molecule has 0 spiro atoms. The van der Waals surface area contributed by atoms with Gasteiger partial charge in [-0.15, -0.1) is 0 Å². The lowest BCUT2D eigenvalue weighted by Crippen LogP contribution is -2.52. The number of carbonyl (C=O) groups is 1. The van der Waals surface area contributed by atoms with E-state index in [0.717, 1.165) is 12.8 Å². The summed E-state index contributed by atoms with van der Waals surface area (Å²) in [5.41, 5.74) is 0.625. The predicted molar refractivity (Wildman–Crippen MR) is 91.5 cm³/mol. The van der Waals surface area contributed by atoms with Gasteiger partial charge in [-0.3, -0.25) is 4.79 Å². The fraction of sp³-hybridized carbons (Fsp3) is 0.353. The highest BCUT2D eigenvalue weighted by Gasteiger charge is 2.36. The molecule has 1 aromatic heterocycles. The number of nitrogens with one attached hydrogen (secondary N) is 2. The first-order valence-corrected chi connectivity index (χ1v) is 9.73. The normalized spacial score (nSPS) is 22.9. The minimum absolute atomic E-state index is 0.115. The number of hydrogen-bond donors (Lipinski definition) is 2. The number of piperidine rings is 1. The predicted octanol–water partition coefficient (Wildman–Crippen LogP) is 1.86.